The van der Waals surface area contributed by atoms with Crippen LogP contribution in [0.1, 0.15) is 15.9 Å². The smallest absolute Gasteiger partial charge is 0.255 e. The minimum absolute atomic E-state index is 0.100. The number of rotatable bonds is 4. The van der Waals surface area contributed by atoms with Crippen molar-refractivity contribution in [1.29, 1.82) is 0 Å². The van der Waals surface area contributed by atoms with E-state index in [1.807, 2.05) is 84.7 Å². The first-order chi connectivity index (χ1) is 11.2. The molecule has 1 amide bonds. The first kappa shape index (κ1) is 15.4. The Morgan fingerprint density at radius 1 is 1.04 bits per heavy atom. The van der Waals surface area contributed by atoms with Crippen molar-refractivity contribution in [2.24, 2.45) is 0 Å². The summed E-state index contributed by atoms with van der Waals surface area (Å²) in [4.78, 5) is 13.6. The van der Waals surface area contributed by atoms with E-state index >= 15 is 0 Å². The molecule has 0 aliphatic carbocycles. The van der Waals surface area contributed by atoms with E-state index in [-0.39, 0.29) is 5.91 Å². The van der Waals surface area contributed by atoms with Gasteiger partial charge in [-0.3, -0.25) is 4.79 Å². The summed E-state index contributed by atoms with van der Waals surface area (Å²) >= 11 is 1.65. The van der Waals surface area contributed by atoms with Gasteiger partial charge in [0.25, 0.3) is 5.91 Å². The Labute approximate surface area is 140 Å². The number of nitrogens with zero attached hydrogens (tertiary/aromatic N) is 1. The number of aromatic nitrogens is 1. The van der Waals surface area contributed by atoms with E-state index < -0.39 is 0 Å². The highest BCUT2D eigenvalue weighted by Gasteiger charge is 2.09. The molecule has 1 heterocycles. The third kappa shape index (κ3) is 3.48. The number of carbonyl (C=O) groups excluding carboxylic acids is 1. The molecule has 0 radical (unpaired) electrons. The predicted molar refractivity (Wildman–Crippen MR) is 96.7 cm³/mol. The zero-order valence-electron chi connectivity index (χ0n) is 13.1. The Morgan fingerprint density at radius 3 is 2.57 bits per heavy atom. The maximum absolute atomic E-state index is 12.5. The van der Waals surface area contributed by atoms with Gasteiger partial charge in [-0.25, -0.2) is 0 Å². The van der Waals surface area contributed by atoms with Gasteiger partial charge in [0.15, 0.2) is 0 Å². The number of benzene rings is 2. The van der Waals surface area contributed by atoms with E-state index in [0.29, 0.717) is 5.56 Å². The van der Waals surface area contributed by atoms with Gasteiger partial charge >= 0.3 is 0 Å². The molecule has 0 bridgehead atoms. The van der Waals surface area contributed by atoms with Crippen LogP contribution in [0, 0.1) is 6.92 Å². The number of hydrogen-bond donors (Lipinski definition) is 1. The molecule has 116 valence electrons. The normalized spacial score (nSPS) is 10.5. The van der Waals surface area contributed by atoms with Gasteiger partial charge in [0.1, 0.15) is 0 Å². The lowest BCUT2D eigenvalue weighted by atomic mass is 10.1. The van der Waals surface area contributed by atoms with E-state index in [1.165, 1.54) is 0 Å². The molecule has 1 aromatic heterocycles. The Kier molecular flexibility index (Phi) is 4.53. The zero-order valence-corrected chi connectivity index (χ0v) is 13.9. The molecule has 0 saturated carbocycles. The summed E-state index contributed by atoms with van der Waals surface area (Å²) in [5.74, 6) is -0.100. The molecule has 4 heteroatoms. The number of aryl methyl sites for hydroxylation is 1. The zero-order chi connectivity index (χ0) is 16.2. The number of nitrogens with one attached hydrogen (secondary N) is 1. The lowest BCUT2D eigenvalue weighted by Crippen LogP contribution is -2.12. The molecule has 0 atom stereocenters. The quantitative estimate of drug-likeness (QED) is 0.703. The molecule has 3 nitrogen and oxygen atoms in total. The van der Waals surface area contributed by atoms with Gasteiger partial charge in [-0.2, -0.15) is 0 Å². The second-order valence-corrected chi connectivity index (χ2v) is 6.16. The first-order valence-corrected chi connectivity index (χ1v) is 8.59. The molecule has 23 heavy (non-hydrogen) atoms. The fraction of sp³-hybridized carbons (Fsp3) is 0.105. The molecular formula is C19H18N2OS. The number of carbonyl (C=O) groups is 1. The van der Waals surface area contributed by atoms with E-state index in [4.69, 9.17) is 0 Å². The summed E-state index contributed by atoms with van der Waals surface area (Å²) in [6.07, 6.45) is 5.97. The van der Waals surface area contributed by atoms with Crippen molar-refractivity contribution in [2.75, 3.05) is 11.6 Å². The van der Waals surface area contributed by atoms with Crippen molar-refractivity contribution >= 4 is 23.4 Å². The van der Waals surface area contributed by atoms with Crippen molar-refractivity contribution < 1.29 is 4.79 Å². The molecule has 3 aromatic rings. The van der Waals surface area contributed by atoms with Crippen LogP contribution in [0.2, 0.25) is 0 Å². The molecule has 0 aliphatic rings. The third-order valence-electron chi connectivity index (χ3n) is 3.68. The fourth-order valence-corrected chi connectivity index (χ4v) is 2.89. The summed E-state index contributed by atoms with van der Waals surface area (Å²) in [6.45, 7) is 2.04. The van der Waals surface area contributed by atoms with Crippen molar-refractivity contribution in [2.45, 2.75) is 11.8 Å². The van der Waals surface area contributed by atoms with Crippen LogP contribution in [-0.4, -0.2) is 16.7 Å². The summed E-state index contributed by atoms with van der Waals surface area (Å²) in [7, 11) is 0. The molecule has 0 fully saturated rings. The highest BCUT2D eigenvalue weighted by Crippen LogP contribution is 2.21. The monoisotopic (exact) mass is 322 g/mol. The van der Waals surface area contributed by atoms with E-state index in [9.17, 15) is 4.79 Å². The van der Waals surface area contributed by atoms with Crippen molar-refractivity contribution in [3.8, 4) is 5.69 Å². The van der Waals surface area contributed by atoms with Crippen LogP contribution in [0.4, 0.5) is 5.69 Å². The van der Waals surface area contributed by atoms with Crippen LogP contribution < -0.4 is 5.32 Å². The standard InChI is InChI=1S/C19H18N2OS/c1-14-8-9-15(12-18(14)21-10-3-4-11-21)19(22)20-16-6-5-7-17(13-16)23-2/h3-13H,1-2H3,(H,20,22). The second-order valence-electron chi connectivity index (χ2n) is 5.28. The molecule has 0 saturated heterocycles. The van der Waals surface area contributed by atoms with Gasteiger partial charge in [0.05, 0.1) is 0 Å². The summed E-state index contributed by atoms with van der Waals surface area (Å²) in [5, 5.41) is 2.96. The molecule has 3 rings (SSSR count). The third-order valence-corrected chi connectivity index (χ3v) is 4.41. The molecule has 1 N–H and O–H groups in total. The molecular weight excluding hydrogens is 304 g/mol. The van der Waals surface area contributed by atoms with Crippen molar-refractivity contribution in [3.05, 3.63) is 78.1 Å². The van der Waals surface area contributed by atoms with Crippen molar-refractivity contribution in [1.82, 2.24) is 4.57 Å². The maximum atomic E-state index is 12.5. The van der Waals surface area contributed by atoms with Gasteiger partial charge in [-0.05, 0) is 61.2 Å². The number of thioether (sulfide) groups is 1. The molecule has 0 spiro atoms. The number of hydrogen-bond acceptors (Lipinski definition) is 2. The minimum Gasteiger partial charge on any atom is -0.324 e. The van der Waals surface area contributed by atoms with Gasteiger partial charge in [0, 0.05) is 34.2 Å². The van der Waals surface area contributed by atoms with E-state index in [2.05, 4.69) is 5.32 Å². The maximum Gasteiger partial charge on any atom is 0.255 e. The minimum atomic E-state index is -0.100. The Bertz CT molecular complexity index is 825. The highest BCUT2D eigenvalue weighted by molar-refractivity contribution is 7.98. The number of anilines is 1. The van der Waals surface area contributed by atoms with E-state index in [0.717, 1.165) is 21.8 Å². The predicted octanol–water partition coefficient (Wildman–Crippen LogP) is 4.76. The lowest BCUT2D eigenvalue weighted by molar-refractivity contribution is 0.102. The Morgan fingerprint density at radius 2 is 1.83 bits per heavy atom. The SMILES string of the molecule is CSc1cccc(NC(=O)c2ccc(C)c(-n3cccc3)c2)c1. The topological polar surface area (TPSA) is 34.0 Å². The van der Waals surface area contributed by atoms with Crippen molar-refractivity contribution in [3.63, 3.8) is 0 Å². The average molecular weight is 322 g/mol. The van der Waals surface area contributed by atoms with Crippen LogP contribution in [0.3, 0.4) is 0 Å². The van der Waals surface area contributed by atoms with Crippen LogP contribution in [-0.2, 0) is 0 Å². The lowest BCUT2D eigenvalue weighted by Gasteiger charge is -2.11. The van der Waals surface area contributed by atoms with Crippen LogP contribution in [0.15, 0.2) is 71.9 Å². The second kappa shape index (κ2) is 6.75. The molecule has 0 aliphatic heterocycles. The summed E-state index contributed by atoms with van der Waals surface area (Å²) < 4.78 is 2.01. The average Bonchev–Trinajstić information content (AvgIpc) is 3.09. The molecule has 0 unspecified atom stereocenters. The summed E-state index contributed by atoms with van der Waals surface area (Å²) in [6, 6.07) is 17.5. The van der Waals surface area contributed by atoms with Gasteiger partial charge in [0.2, 0.25) is 0 Å². The largest absolute Gasteiger partial charge is 0.324 e. The fourth-order valence-electron chi connectivity index (χ4n) is 2.43. The van der Waals surface area contributed by atoms with Crippen LogP contribution in [0.25, 0.3) is 5.69 Å². The number of amides is 1. The molecule has 2 aromatic carbocycles. The van der Waals surface area contributed by atoms with Gasteiger partial charge < -0.3 is 9.88 Å². The first-order valence-electron chi connectivity index (χ1n) is 7.37. The van der Waals surface area contributed by atoms with Gasteiger partial charge in [-0.15, -0.1) is 11.8 Å². The Balaban J connectivity index is 1.86. The van der Waals surface area contributed by atoms with Gasteiger partial charge in [-0.1, -0.05) is 12.1 Å². The highest BCUT2D eigenvalue weighted by atomic mass is 32.2. The van der Waals surface area contributed by atoms with E-state index in [1.54, 1.807) is 11.8 Å². The Hall–Kier alpha value is -2.46. The van der Waals surface area contributed by atoms with Crippen LogP contribution in [0.5, 0.6) is 0 Å². The van der Waals surface area contributed by atoms with Crippen LogP contribution >= 0.6 is 11.8 Å². The summed E-state index contributed by atoms with van der Waals surface area (Å²) in [5.41, 5.74) is 3.60.